The molecular formula is C15H23N7O. The first-order chi connectivity index (χ1) is 11.3. The Balaban J connectivity index is 1.81. The Morgan fingerprint density at radius 2 is 2.22 bits per heavy atom. The van der Waals surface area contributed by atoms with Gasteiger partial charge in [0.05, 0.1) is 18.3 Å². The molecule has 0 unspecified atom stereocenters. The largest absolute Gasteiger partial charge is 0.395 e. The standard InChI is InChI=1S/C15H23N7O/c1-2-3-8-22-15(18-19-20-22)14-5-4-13(11-23)21(14)10-12-9-16-6-7-17-12/h6-7,9,13-14,23H,2-5,8,10-11H2,1H3/t13-,14-/m0/s1. The van der Waals surface area contributed by atoms with Crippen LogP contribution >= 0.6 is 0 Å². The number of aryl methyl sites for hydroxylation is 1. The molecule has 3 heterocycles. The molecule has 2 atom stereocenters. The van der Waals surface area contributed by atoms with Crippen molar-refractivity contribution in [3.05, 3.63) is 30.1 Å². The number of tetrazole rings is 1. The number of rotatable bonds is 7. The molecule has 1 fully saturated rings. The summed E-state index contributed by atoms with van der Waals surface area (Å²) in [7, 11) is 0. The fraction of sp³-hybridized carbons (Fsp3) is 0.667. The molecule has 8 heteroatoms. The molecule has 1 saturated heterocycles. The van der Waals surface area contributed by atoms with E-state index in [1.54, 1.807) is 18.6 Å². The van der Waals surface area contributed by atoms with Crippen LogP contribution in [-0.4, -0.2) is 52.8 Å². The highest BCUT2D eigenvalue weighted by Crippen LogP contribution is 2.35. The highest BCUT2D eigenvalue weighted by atomic mass is 16.3. The summed E-state index contributed by atoms with van der Waals surface area (Å²) in [5, 5.41) is 21.9. The minimum absolute atomic E-state index is 0.110. The van der Waals surface area contributed by atoms with Gasteiger partial charge in [0.2, 0.25) is 0 Å². The molecule has 0 aliphatic carbocycles. The minimum Gasteiger partial charge on any atom is -0.395 e. The molecule has 1 aliphatic rings. The van der Waals surface area contributed by atoms with Crippen molar-refractivity contribution in [1.29, 1.82) is 0 Å². The van der Waals surface area contributed by atoms with E-state index in [1.165, 1.54) is 0 Å². The van der Waals surface area contributed by atoms with E-state index in [0.717, 1.165) is 43.7 Å². The van der Waals surface area contributed by atoms with Gasteiger partial charge in [0.1, 0.15) is 0 Å². The first-order valence-corrected chi connectivity index (χ1v) is 8.21. The lowest BCUT2D eigenvalue weighted by Gasteiger charge is -2.28. The van der Waals surface area contributed by atoms with Crippen LogP contribution in [0.2, 0.25) is 0 Å². The minimum atomic E-state index is 0.110. The summed E-state index contributed by atoms with van der Waals surface area (Å²) < 4.78 is 1.90. The van der Waals surface area contributed by atoms with Crippen molar-refractivity contribution in [3.63, 3.8) is 0 Å². The zero-order valence-corrected chi connectivity index (χ0v) is 13.4. The van der Waals surface area contributed by atoms with Gasteiger partial charge in [0, 0.05) is 37.7 Å². The van der Waals surface area contributed by atoms with Crippen LogP contribution in [0.1, 0.15) is 50.2 Å². The van der Waals surface area contributed by atoms with Crippen LogP contribution in [-0.2, 0) is 13.1 Å². The van der Waals surface area contributed by atoms with Crippen LogP contribution in [0.25, 0.3) is 0 Å². The fourth-order valence-electron chi connectivity index (χ4n) is 3.17. The summed E-state index contributed by atoms with van der Waals surface area (Å²) >= 11 is 0. The number of aromatic nitrogens is 6. The zero-order valence-electron chi connectivity index (χ0n) is 13.4. The first kappa shape index (κ1) is 15.9. The van der Waals surface area contributed by atoms with Crippen molar-refractivity contribution < 1.29 is 5.11 Å². The number of nitrogens with zero attached hydrogens (tertiary/aromatic N) is 7. The predicted molar refractivity (Wildman–Crippen MR) is 83.1 cm³/mol. The second-order valence-electron chi connectivity index (χ2n) is 5.91. The molecule has 0 saturated carbocycles. The molecule has 23 heavy (non-hydrogen) atoms. The van der Waals surface area contributed by atoms with Crippen LogP contribution in [0.5, 0.6) is 0 Å². The third-order valence-electron chi connectivity index (χ3n) is 4.40. The molecule has 1 N–H and O–H groups in total. The summed E-state index contributed by atoms with van der Waals surface area (Å²) in [6.07, 6.45) is 9.16. The Bertz CT molecular complexity index is 603. The van der Waals surface area contributed by atoms with Crippen molar-refractivity contribution in [2.45, 2.75) is 57.8 Å². The van der Waals surface area contributed by atoms with Gasteiger partial charge in [-0.25, -0.2) is 4.68 Å². The summed E-state index contributed by atoms with van der Waals surface area (Å²) in [5.41, 5.74) is 0.894. The van der Waals surface area contributed by atoms with Crippen molar-refractivity contribution >= 4 is 0 Å². The molecular weight excluding hydrogens is 294 g/mol. The molecule has 0 radical (unpaired) electrons. The van der Waals surface area contributed by atoms with E-state index in [0.29, 0.717) is 6.54 Å². The highest BCUT2D eigenvalue weighted by molar-refractivity contribution is 5.04. The summed E-state index contributed by atoms with van der Waals surface area (Å²) in [6.45, 7) is 3.76. The van der Waals surface area contributed by atoms with Crippen molar-refractivity contribution in [2.75, 3.05) is 6.61 Å². The van der Waals surface area contributed by atoms with Crippen molar-refractivity contribution in [1.82, 2.24) is 35.1 Å². The van der Waals surface area contributed by atoms with Gasteiger partial charge in [0.15, 0.2) is 5.82 Å². The fourth-order valence-corrected chi connectivity index (χ4v) is 3.17. The summed E-state index contributed by atoms with van der Waals surface area (Å²) in [4.78, 5) is 10.7. The average molecular weight is 317 g/mol. The first-order valence-electron chi connectivity index (χ1n) is 8.21. The lowest BCUT2D eigenvalue weighted by Crippen LogP contribution is -2.35. The van der Waals surface area contributed by atoms with E-state index in [2.05, 4.69) is 37.3 Å². The van der Waals surface area contributed by atoms with Gasteiger partial charge in [-0.15, -0.1) is 5.10 Å². The van der Waals surface area contributed by atoms with Crippen LogP contribution in [0.4, 0.5) is 0 Å². The maximum absolute atomic E-state index is 9.70. The van der Waals surface area contributed by atoms with Gasteiger partial charge < -0.3 is 5.11 Å². The SMILES string of the molecule is CCCCn1nnnc1[C@@H]1CC[C@@H](CO)N1Cc1cnccn1. The maximum atomic E-state index is 9.70. The normalized spacial score (nSPS) is 21.8. The topological polar surface area (TPSA) is 92.8 Å². The molecule has 0 spiro atoms. The van der Waals surface area contributed by atoms with Gasteiger partial charge >= 0.3 is 0 Å². The molecule has 0 amide bonds. The Labute approximate surface area is 135 Å². The van der Waals surface area contributed by atoms with Gasteiger partial charge in [-0.3, -0.25) is 14.9 Å². The third kappa shape index (κ3) is 3.53. The van der Waals surface area contributed by atoms with Gasteiger partial charge in [0.25, 0.3) is 0 Å². The molecule has 124 valence electrons. The molecule has 2 aromatic rings. The molecule has 0 bridgehead atoms. The Hall–Kier alpha value is -1.93. The average Bonchev–Trinajstić information content (AvgIpc) is 3.20. The highest BCUT2D eigenvalue weighted by Gasteiger charge is 2.37. The van der Waals surface area contributed by atoms with Crippen LogP contribution < -0.4 is 0 Å². The zero-order chi connectivity index (χ0) is 16.1. The van der Waals surface area contributed by atoms with Gasteiger partial charge in [-0.2, -0.15) is 0 Å². The second-order valence-corrected chi connectivity index (χ2v) is 5.91. The quantitative estimate of drug-likeness (QED) is 0.813. The summed E-state index contributed by atoms with van der Waals surface area (Å²) in [6, 6.07) is 0.222. The number of likely N-dealkylation sites (tertiary alicyclic amines) is 1. The third-order valence-corrected chi connectivity index (χ3v) is 4.40. The number of unbranched alkanes of at least 4 members (excludes halogenated alkanes) is 1. The second kappa shape index (κ2) is 7.56. The van der Waals surface area contributed by atoms with E-state index in [9.17, 15) is 5.11 Å². The monoisotopic (exact) mass is 317 g/mol. The van der Waals surface area contributed by atoms with Gasteiger partial charge in [-0.05, 0) is 29.7 Å². The van der Waals surface area contributed by atoms with Crippen LogP contribution in [0.15, 0.2) is 18.6 Å². The predicted octanol–water partition coefficient (Wildman–Crippen LogP) is 0.961. The Morgan fingerprint density at radius 3 is 2.96 bits per heavy atom. The van der Waals surface area contributed by atoms with E-state index < -0.39 is 0 Å². The van der Waals surface area contributed by atoms with Gasteiger partial charge in [-0.1, -0.05) is 13.3 Å². The smallest absolute Gasteiger partial charge is 0.168 e. The number of hydrogen-bond acceptors (Lipinski definition) is 7. The molecule has 2 aromatic heterocycles. The lowest BCUT2D eigenvalue weighted by atomic mass is 10.2. The van der Waals surface area contributed by atoms with Crippen LogP contribution in [0.3, 0.4) is 0 Å². The molecule has 3 rings (SSSR count). The number of aliphatic hydroxyl groups is 1. The Kier molecular flexibility index (Phi) is 5.24. The van der Waals surface area contributed by atoms with E-state index >= 15 is 0 Å². The van der Waals surface area contributed by atoms with E-state index in [1.807, 2.05) is 4.68 Å². The van der Waals surface area contributed by atoms with E-state index in [-0.39, 0.29) is 18.7 Å². The van der Waals surface area contributed by atoms with Crippen molar-refractivity contribution in [3.8, 4) is 0 Å². The van der Waals surface area contributed by atoms with Crippen LogP contribution in [0, 0.1) is 0 Å². The van der Waals surface area contributed by atoms with E-state index in [4.69, 9.17) is 0 Å². The molecule has 1 aliphatic heterocycles. The Morgan fingerprint density at radius 1 is 1.30 bits per heavy atom. The molecule has 0 aromatic carbocycles. The van der Waals surface area contributed by atoms with Crippen molar-refractivity contribution in [2.24, 2.45) is 0 Å². The molecule has 8 nitrogen and oxygen atoms in total. The maximum Gasteiger partial charge on any atom is 0.168 e. The number of hydrogen-bond donors (Lipinski definition) is 1. The lowest BCUT2D eigenvalue weighted by molar-refractivity contribution is 0.115. The number of aliphatic hydroxyl groups excluding tert-OH is 1. The summed E-state index contributed by atoms with van der Waals surface area (Å²) in [5.74, 6) is 0.887.